The van der Waals surface area contributed by atoms with E-state index >= 15 is 0 Å². The maximum Gasteiger partial charge on any atom is 0.246 e. The Kier molecular flexibility index (Phi) is 2.48. The summed E-state index contributed by atoms with van der Waals surface area (Å²) >= 11 is 0. The Balaban J connectivity index is 1.88. The highest BCUT2D eigenvalue weighted by molar-refractivity contribution is 6.02. The Morgan fingerprint density at radius 3 is 2.89 bits per heavy atom. The van der Waals surface area contributed by atoms with Gasteiger partial charge in [-0.15, -0.1) is 0 Å². The highest BCUT2D eigenvalue weighted by Crippen LogP contribution is 2.50. The van der Waals surface area contributed by atoms with Crippen LogP contribution in [-0.2, 0) is 4.79 Å². The molecule has 1 heterocycles. The molecule has 1 fully saturated rings. The highest BCUT2D eigenvalue weighted by Gasteiger charge is 2.45. The SMILES string of the molecule is N#CCC1(CN2C(=O)CNc3ccccc32)CC1. The van der Waals surface area contributed by atoms with Gasteiger partial charge in [-0.2, -0.15) is 5.26 Å². The van der Waals surface area contributed by atoms with Crippen molar-refractivity contribution < 1.29 is 4.79 Å². The molecule has 0 spiro atoms. The standard InChI is InChI=1S/C14H15N3O/c15-8-7-14(5-6-14)10-17-12-4-2-1-3-11(12)16-9-13(17)18/h1-4,16H,5-7,9-10H2. The van der Waals surface area contributed by atoms with Gasteiger partial charge in [-0.3, -0.25) is 4.79 Å². The van der Waals surface area contributed by atoms with Crippen molar-refractivity contribution in [2.45, 2.75) is 19.3 Å². The first-order valence-electron chi connectivity index (χ1n) is 6.24. The Labute approximate surface area is 106 Å². The summed E-state index contributed by atoms with van der Waals surface area (Å²) in [6.45, 7) is 1.03. The van der Waals surface area contributed by atoms with Gasteiger partial charge in [0.15, 0.2) is 0 Å². The molecule has 0 saturated heterocycles. The minimum absolute atomic E-state index is 0.0505. The second-order valence-corrected chi connectivity index (χ2v) is 5.19. The molecule has 1 aromatic carbocycles. The van der Waals surface area contributed by atoms with Crippen LogP contribution in [0.2, 0.25) is 0 Å². The summed E-state index contributed by atoms with van der Waals surface area (Å²) in [4.78, 5) is 13.9. The molecule has 1 saturated carbocycles. The second-order valence-electron chi connectivity index (χ2n) is 5.19. The van der Waals surface area contributed by atoms with Crippen molar-refractivity contribution in [1.29, 1.82) is 5.26 Å². The maximum atomic E-state index is 12.0. The Morgan fingerprint density at radius 1 is 1.39 bits per heavy atom. The van der Waals surface area contributed by atoms with Crippen LogP contribution < -0.4 is 10.2 Å². The van der Waals surface area contributed by atoms with Crippen molar-refractivity contribution in [1.82, 2.24) is 0 Å². The van der Waals surface area contributed by atoms with E-state index in [0.717, 1.165) is 24.2 Å². The van der Waals surface area contributed by atoms with E-state index in [1.807, 2.05) is 29.2 Å². The molecule has 1 N–H and O–H groups in total. The van der Waals surface area contributed by atoms with E-state index in [1.165, 1.54) is 0 Å². The third-order valence-corrected chi connectivity index (χ3v) is 3.83. The fraction of sp³-hybridized carbons (Fsp3) is 0.429. The number of para-hydroxylation sites is 2. The van der Waals surface area contributed by atoms with Crippen molar-refractivity contribution in [3.8, 4) is 6.07 Å². The largest absolute Gasteiger partial charge is 0.374 e. The first kappa shape index (κ1) is 11.1. The van der Waals surface area contributed by atoms with Crippen molar-refractivity contribution in [3.63, 3.8) is 0 Å². The minimum Gasteiger partial charge on any atom is -0.374 e. The predicted molar refractivity (Wildman–Crippen MR) is 69.2 cm³/mol. The lowest BCUT2D eigenvalue weighted by atomic mass is 10.0. The van der Waals surface area contributed by atoms with Gasteiger partial charge in [-0.1, -0.05) is 12.1 Å². The van der Waals surface area contributed by atoms with Gasteiger partial charge in [0.25, 0.3) is 0 Å². The molecule has 1 aromatic rings. The van der Waals surface area contributed by atoms with E-state index in [1.54, 1.807) is 0 Å². The van der Waals surface area contributed by atoms with E-state index in [-0.39, 0.29) is 11.3 Å². The summed E-state index contributed by atoms with van der Waals surface area (Å²) in [5.41, 5.74) is 2.00. The maximum absolute atomic E-state index is 12.0. The molecule has 4 nitrogen and oxygen atoms in total. The number of hydrogen-bond donors (Lipinski definition) is 1. The number of nitriles is 1. The number of carbonyl (C=O) groups is 1. The van der Waals surface area contributed by atoms with Crippen LogP contribution in [0.25, 0.3) is 0 Å². The van der Waals surface area contributed by atoms with Gasteiger partial charge in [0, 0.05) is 18.4 Å². The first-order chi connectivity index (χ1) is 8.74. The third kappa shape index (κ3) is 1.82. The van der Waals surface area contributed by atoms with Gasteiger partial charge < -0.3 is 10.2 Å². The van der Waals surface area contributed by atoms with Crippen LogP contribution in [0.5, 0.6) is 0 Å². The lowest BCUT2D eigenvalue weighted by Gasteiger charge is -2.32. The molecule has 0 atom stereocenters. The van der Waals surface area contributed by atoms with Crippen LogP contribution in [0, 0.1) is 16.7 Å². The van der Waals surface area contributed by atoms with Crippen LogP contribution in [-0.4, -0.2) is 19.0 Å². The molecule has 4 heteroatoms. The summed E-state index contributed by atoms with van der Waals surface area (Å²) in [6, 6.07) is 10.1. The molecule has 1 aliphatic heterocycles. The molecule has 0 bridgehead atoms. The number of nitrogens with one attached hydrogen (secondary N) is 1. The van der Waals surface area contributed by atoms with E-state index in [0.29, 0.717) is 19.5 Å². The van der Waals surface area contributed by atoms with Crippen LogP contribution in [0.15, 0.2) is 24.3 Å². The molecule has 1 aliphatic carbocycles. The van der Waals surface area contributed by atoms with Crippen molar-refractivity contribution in [3.05, 3.63) is 24.3 Å². The third-order valence-electron chi connectivity index (χ3n) is 3.83. The summed E-state index contributed by atoms with van der Waals surface area (Å²) in [5.74, 6) is 0.0953. The fourth-order valence-corrected chi connectivity index (χ4v) is 2.50. The summed E-state index contributed by atoms with van der Waals surface area (Å²) in [5, 5.41) is 12.0. The molecule has 2 aliphatic rings. The van der Waals surface area contributed by atoms with E-state index in [4.69, 9.17) is 5.26 Å². The zero-order chi connectivity index (χ0) is 12.6. The van der Waals surface area contributed by atoms with E-state index in [2.05, 4.69) is 11.4 Å². The molecule has 18 heavy (non-hydrogen) atoms. The average Bonchev–Trinajstić information content (AvgIpc) is 3.14. The van der Waals surface area contributed by atoms with E-state index < -0.39 is 0 Å². The first-order valence-corrected chi connectivity index (χ1v) is 6.24. The number of rotatable bonds is 3. The van der Waals surface area contributed by atoms with Crippen molar-refractivity contribution in [2.75, 3.05) is 23.3 Å². The van der Waals surface area contributed by atoms with Crippen molar-refractivity contribution >= 4 is 17.3 Å². The number of amides is 1. The molecule has 92 valence electrons. The van der Waals surface area contributed by atoms with Gasteiger partial charge >= 0.3 is 0 Å². The van der Waals surface area contributed by atoms with Crippen molar-refractivity contribution in [2.24, 2.45) is 5.41 Å². The van der Waals surface area contributed by atoms with Crippen LogP contribution >= 0.6 is 0 Å². The topological polar surface area (TPSA) is 56.1 Å². The summed E-state index contributed by atoms with van der Waals surface area (Å²) in [7, 11) is 0. The zero-order valence-electron chi connectivity index (χ0n) is 10.1. The smallest absolute Gasteiger partial charge is 0.246 e. The van der Waals surface area contributed by atoms with Gasteiger partial charge in [0.05, 0.1) is 24.0 Å². The van der Waals surface area contributed by atoms with Crippen LogP contribution in [0.1, 0.15) is 19.3 Å². The van der Waals surface area contributed by atoms with Gasteiger partial charge in [-0.05, 0) is 25.0 Å². The molecular weight excluding hydrogens is 226 g/mol. The number of hydrogen-bond acceptors (Lipinski definition) is 3. The van der Waals surface area contributed by atoms with Crippen LogP contribution in [0.4, 0.5) is 11.4 Å². The lowest BCUT2D eigenvalue weighted by Crippen LogP contribution is -2.43. The van der Waals surface area contributed by atoms with Gasteiger partial charge in [0.1, 0.15) is 0 Å². The predicted octanol–water partition coefficient (Wildman–Crippen LogP) is 2.14. The second kappa shape index (κ2) is 4.02. The molecule has 1 amide bonds. The fourth-order valence-electron chi connectivity index (χ4n) is 2.50. The number of carbonyl (C=O) groups excluding carboxylic acids is 1. The summed E-state index contributed by atoms with van der Waals surface area (Å²) in [6.07, 6.45) is 2.66. The lowest BCUT2D eigenvalue weighted by molar-refractivity contribution is -0.117. The number of nitrogens with zero attached hydrogens (tertiary/aromatic N) is 2. The molecule has 3 rings (SSSR count). The van der Waals surface area contributed by atoms with Gasteiger partial charge in [-0.25, -0.2) is 0 Å². The normalized spacial score (nSPS) is 19.7. The Morgan fingerprint density at radius 2 is 2.17 bits per heavy atom. The zero-order valence-corrected chi connectivity index (χ0v) is 10.1. The monoisotopic (exact) mass is 241 g/mol. The Hall–Kier alpha value is -2.02. The molecule has 0 unspecified atom stereocenters. The number of anilines is 2. The number of fused-ring (bicyclic) bond motifs is 1. The Bertz CT molecular complexity index is 528. The quantitative estimate of drug-likeness (QED) is 0.882. The summed E-state index contributed by atoms with van der Waals surface area (Å²) < 4.78 is 0. The van der Waals surface area contributed by atoms with Gasteiger partial charge in [0.2, 0.25) is 5.91 Å². The molecule has 0 aromatic heterocycles. The minimum atomic E-state index is 0.0505. The molecular formula is C14H15N3O. The number of benzene rings is 1. The molecule has 0 radical (unpaired) electrons. The highest BCUT2D eigenvalue weighted by atomic mass is 16.2. The van der Waals surface area contributed by atoms with E-state index in [9.17, 15) is 4.79 Å². The van der Waals surface area contributed by atoms with Crippen LogP contribution in [0.3, 0.4) is 0 Å². The average molecular weight is 241 g/mol.